The first kappa shape index (κ1) is 24.0. The summed E-state index contributed by atoms with van der Waals surface area (Å²) in [6.07, 6.45) is -0.360. The second-order valence-corrected chi connectivity index (χ2v) is 7.68. The van der Waals surface area contributed by atoms with Crippen LogP contribution in [-0.4, -0.2) is 59.6 Å². The van der Waals surface area contributed by atoms with Crippen molar-refractivity contribution in [2.75, 3.05) is 19.0 Å². The van der Waals surface area contributed by atoms with Gasteiger partial charge in [-0.1, -0.05) is 18.5 Å². The van der Waals surface area contributed by atoms with Crippen LogP contribution in [0.5, 0.6) is 5.75 Å². The van der Waals surface area contributed by atoms with Crippen molar-refractivity contribution in [1.82, 2.24) is 15.3 Å². The van der Waals surface area contributed by atoms with E-state index in [9.17, 15) is 18.8 Å². The second kappa shape index (κ2) is 9.71. The van der Waals surface area contributed by atoms with Crippen molar-refractivity contribution in [2.24, 2.45) is 0 Å². The molecular formula is C18H24ClFN4O5S. The summed E-state index contributed by atoms with van der Waals surface area (Å²) in [4.78, 5) is 45.1. The predicted molar refractivity (Wildman–Crippen MR) is 112 cm³/mol. The quantitative estimate of drug-likeness (QED) is 0.477. The molecular weight excluding hydrogens is 439 g/mol. The lowest BCUT2D eigenvalue weighted by Crippen LogP contribution is -2.62. The Kier molecular flexibility index (Phi) is 7.78. The van der Waals surface area contributed by atoms with Gasteiger partial charge < -0.3 is 9.57 Å². The van der Waals surface area contributed by atoms with Gasteiger partial charge in [0.2, 0.25) is 0 Å². The van der Waals surface area contributed by atoms with E-state index in [1.807, 2.05) is 13.8 Å². The van der Waals surface area contributed by atoms with E-state index in [1.165, 1.54) is 21.0 Å². The molecule has 1 saturated heterocycles. The Labute approximate surface area is 184 Å². The summed E-state index contributed by atoms with van der Waals surface area (Å²) in [5, 5.41) is -0.142. The average Bonchev–Trinajstić information content (AvgIpc) is 2.71. The largest absolute Gasteiger partial charge is 0.477 e. The van der Waals surface area contributed by atoms with Crippen molar-refractivity contribution in [2.45, 2.75) is 44.8 Å². The molecule has 166 valence electrons. The highest BCUT2D eigenvalue weighted by atomic mass is 35.5. The van der Waals surface area contributed by atoms with Crippen LogP contribution in [0.4, 0.5) is 19.7 Å². The Balaban J connectivity index is 2.28. The summed E-state index contributed by atoms with van der Waals surface area (Å²) < 4.78 is 20.1. The van der Waals surface area contributed by atoms with E-state index in [2.05, 4.69) is 18.1 Å². The Morgan fingerprint density at radius 2 is 1.83 bits per heavy atom. The number of nitrogens with zero attached hydrogens (tertiary/aromatic N) is 3. The summed E-state index contributed by atoms with van der Waals surface area (Å²) in [6, 6.07) is 0.364. The van der Waals surface area contributed by atoms with Gasteiger partial charge in [-0.3, -0.25) is 9.80 Å². The molecule has 1 fully saturated rings. The molecule has 1 aromatic carbocycles. The number of carbonyl (C=O) groups is 3. The maximum atomic E-state index is 14.6. The van der Waals surface area contributed by atoms with E-state index in [0.717, 1.165) is 28.4 Å². The molecule has 0 aromatic heterocycles. The van der Waals surface area contributed by atoms with Crippen molar-refractivity contribution in [3.8, 4) is 5.75 Å². The highest BCUT2D eigenvalue weighted by molar-refractivity contribution is 7.80. The van der Waals surface area contributed by atoms with Crippen LogP contribution < -0.4 is 15.1 Å². The Morgan fingerprint density at radius 3 is 2.37 bits per heavy atom. The predicted octanol–water partition coefficient (Wildman–Crippen LogP) is 3.23. The van der Waals surface area contributed by atoms with Gasteiger partial charge in [-0.25, -0.2) is 23.7 Å². The molecule has 1 N–H and O–H groups in total. The molecule has 2 rings (SSSR count). The third-order valence-corrected chi connectivity index (χ3v) is 5.52. The van der Waals surface area contributed by atoms with Crippen molar-refractivity contribution >= 4 is 47.9 Å². The van der Waals surface area contributed by atoms with Gasteiger partial charge >= 0.3 is 18.0 Å². The molecule has 30 heavy (non-hydrogen) atoms. The minimum Gasteiger partial charge on any atom is -0.477 e. The monoisotopic (exact) mass is 462 g/mol. The number of rotatable bonds is 7. The van der Waals surface area contributed by atoms with E-state index in [-0.39, 0.29) is 22.5 Å². The number of halogens is 2. The molecule has 1 aliphatic rings. The van der Waals surface area contributed by atoms with Gasteiger partial charge in [-0.05, 0) is 26.3 Å². The Bertz CT molecular complexity index is 823. The second-order valence-electron chi connectivity index (χ2n) is 6.81. The molecule has 0 spiro atoms. The van der Waals surface area contributed by atoms with E-state index in [4.69, 9.17) is 21.2 Å². The maximum absolute atomic E-state index is 14.6. The summed E-state index contributed by atoms with van der Waals surface area (Å²) in [5.74, 6) is -1.73. The number of anilines is 1. The van der Waals surface area contributed by atoms with E-state index in [1.54, 1.807) is 0 Å². The van der Waals surface area contributed by atoms with Crippen LogP contribution in [0, 0.1) is 5.82 Å². The lowest BCUT2D eigenvalue weighted by molar-refractivity contribution is -0.160. The summed E-state index contributed by atoms with van der Waals surface area (Å²) >= 11 is 10.2. The first-order chi connectivity index (χ1) is 14.0. The zero-order chi connectivity index (χ0) is 22.7. The van der Waals surface area contributed by atoms with E-state index in [0.29, 0.717) is 4.90 Å². The first-order valence-corrected chi connectivity index (χ1v) is 10.0. The minimum atomic E-state index is -1.10. The van der Waals surface area contributed by atoms with Gasteiger partial charge in [-0.15, -0.1) is 12.6 Å². The molecule has 0 bridgehead atoms. The number of benzene rings is 1. The number of urea groups is 2. The normalized spacial score (nSPS) is 17.3. The van der Waals surface area contributed by atoms with Crippen LogP contribution >= 0.6 is 24.2 Å². The molecule has 0 saturated carbocycles. The van der Waals surface area contributed by atoms with Crippen molar-refractivity contribution in [1.29, 1.82) is 0 Å². The molecule has 0 aliphatic carbocycles. The highest BCUT2D eigenvalue weighted by Gasteiger charge is 2.41. The number of nitrogens with one attached hydrogen (secondary N) is 1. The van der Waals surface area contributed by atoms with E-state index < -0.39 is 35.5 Å². The van der Waals surface area contributed by atoms with Gasteiger partial charge in [0.15, 0.2) is 11.6 Å². The van der Waals surface area contributed by atoms with Crippen molar-refractivity contribution in [3.63, 3.8) is 0 Å². The number of imide groups is 1. The summed E-state index contributed by atoms with van der Waals surface area (Å²) in [7, 11) is 2.84. The Morgan fingerprint density at radius 1 is 1.27 bits per heavy atom. The van der Waals surface area contributed by atoms with Crippen molar-refractivity contribution < 1.29 is 28.3 Å². The molecule has 2 atom stereocenters. The van der Waals surface area contributed by atoms with Gasteiger partial charge in [-0.2, -0.15) is 5.48 Å². The summed E-state index contributed by atoms with van der Waals surface area (Å²) in [6.45, 7) is 5.17. The molecule has 1 aliphatic heterocycles. The smallest absolute Gasteiger partial charge is 0.365 e. The van der Waals surface area contributed by atoms with E-state index >= 15 is 0 Å². The fourth-order valence-electron chi connectivity index (χ4n) is 2.40. The maximum Gasteiger partial charge on any atom is 0.365 e. The topological polar surface area (TPSA) is 91.4 Å². The number of hydrogen-bond acceptors (Lipinski definition) is 7. The highest BCUT2D eigenvalue weighted by Crippen LogP contribution is 2.35. The fourth-order valence-corrected chi connectivity index (χ4v) is 2.80. The van der Waals surface area contributed by atoms with Crippen LogP contribution in [0.1, 0.15) is 27.2 Å². The lowest BCUT2D eigenvalue weighted by atomic mass is 10.2. The zero-order valence-electron chi connectivity index (χ0n) is 17.2. The number of carbonyl (C=O) groups excluding carboxylic acids is 3. The molecule has 1 aromatic rings. The molecule has 9 nitrogen and oxygen atoms in total. The Hall–Kier alpha value is -2.24. The van der Waals surface area contributed by atoms with Crippen molar-refractivity contribution in [3.05, 3.63) is 23.0 Å². The SMILES string of the molecule is CCC(C)NOC(=O)C(C)Oc1cc(N2C(=O)N(C)C(S)N(C)C2=O)c(F)cc1Cl. The van der Waals surface area contributed by atoms with Crippen LogP contribution in [0.25, 0.3) is 0 Å². The third-order valence-electron chi connectivity index (χ3n) is 4.53. The van der Waals surface area contributed by atoms with Crippen LogP contribution in [0.15, 0.2) is 12.1 Å². The lowest BCUT2D eigenvalue weighted by Gasteiger charge is -2.41. The minimum absolute atomic E-state index is 0.0528. The number of amides is 4. The number of ether oxygens (including phenoxy) is 1. The number of thiol groups is 1. The molecule has 1 heterocycles. The number of hydroxylamine groups is 1. The molecule has 12 heteroatoms. The van der Waals surface area contributed by atoms with Gasteiger partial charge in [0.1, 0.15) is 11.6 Å². The fraction of sp³-hybridized carbons (Fsp3) is 0.500. The molecule has 2 unspecified atom stereocenters. The first-order valence-electron chi connectivity index (χ1n) is 9.13. The van der Waals surface area contributed by atoms with Gasteiger partial charge in [0.25, 0.3) is 0 Å². The molecule has 0 radical (unpaired) electrons. The third kappa shape index (κ3) is 4.90. The van der Waals surface area contributed by atoms with Crippen LogP contribution in [0.2, 0.25) is 5.02 Å². The number of hydrogen-bond donors (Lipinski definition) is 2. The molecule has 4 amide bonds. The van der Waals surface area contributed by atoms with Crippen LogP contribution in [-0.2, 0) is 9.63 Å². The van der Waals surface area contributed by atoms with Crippen LogP contribution in [0.3, 0.4) is 0 Å². The standard InChI is InChI=1S/C18H24ClFN4O5S/c1-6-9(2)21-29-15(25)10(3)28-14-8-13(12(20)7-11(14)19)24-16(26)22(4)18(30)23(5)17(24)27/h7-10,18,21,30H,6H2,1-5H3. The van der Waals surface area contributed by atoms with Gasteiger partial charge in [0.05, 0.1) is 10.7 Å². The zero-order valence-corrected chi connectivity index (χ0v) is 18.8. The summed E-state index contributed by atoms with van der Waals surface area (Å²) in [5.41, 5.74) is 1.39. The van der Waals surface area contributed by atoms with Gasteiger partial charge in [0, 0.05) is 26.2 Å². The average molecular weight is 463 g/mol.